The first-order chi connectivity index (χ1) is 9.31. The summed E-state index contributed by atoms with van der Waals surface area (Å²) in [6.45, 7) is 0. The molecule has 0 aliphatic carbocycles. The third kappa shape index (κ3) is 3.81. The van der Waals surface area contributed by atoms with Crippen molar-refractivity contribution in [1.82, 2.24) is 0 Å². The Bertz CT molecular complexity index is 554. The summed E-state index contributed by atoms with van der Waals surface area (Å²) in [5, 5.41) is 0. The van der Waals surface area contributed by atoms with Crippen LogP contribution in [0.15, 0.2) is 60.2 Å². The van der Waals surface area contributed by atoms with Crippen molar-refractivity contribution in [2.75, 3.05) is 7.11 Å². The zero-order valence-corrected chi connectivity index (χ0v) is 10.9. The monoisotopic (exact) mass is 252 g/mol. The molecule has 2 aromatic carbocycles. The summed E-state index contributed by atoms with van der Waals surface area (Å²) in [5.74, 6) is 0.813. The van der Waals surface area contributed by atoms with Crippen molar-refractivity contribution in [2.24, 2.45) is 0 Å². The maximum Gasteiger partial charge on any atom is 0.146 e. The van der Waals surface area contributed by atoms with E-state index in [9.17, 15) is 4.79 Å². The first kappa shape index (κ1) is 13.1. The molecule has 0 bridgehead atoms. The van der Waals surface area contributed by atoms with Crippen LogP contribution < -0.4 is 4.74 Å². The van der Waals surface area contributed by atoms with E-state index in [0.29, 0.717) is 6.42 Å². The highest BCUT2D eigenvalue weighted by molar-refractivity contribution is 5.82. The largest absolute Gasteiger partial charge is 0.497 e. The van der Waals surface area contributed by atoms with Crippen molar-refractivity contribution in [3.63, 3.8) is 0 Å². The van der Waals surface area contributed by atoms with E-state index in [2.05, 4.69) is 0 Å². The number of aldehydes is 1. The minimum atomic E-state index is 0.649. The number of carbonyl (C=O) groups is 1. The van der Waals surface area contributed by atoms with Crippen molar-refractivity contribution >= 4 is 12.4 Å². The zero-order valence-electron chi connectivity index (χ0n) is 10.9. The molecule has 19 heavy (non-hydrogen) atoms. The molecule has 2 rings (SSSR count). The molecule has 96 valence electrons. The van der Waals surface area contributed by atoms with Crippen LogP contribution in [0, 0.1) is 0 Å². The standard InChI is InChI=1S/C17H16O2/c1-19-17-9-7-15(8-10-17)12-16(13-18)11-14-5-3-2-4-6-14/h2-10,12-13H,11H2,1H3/b16-12+. The normalized spacial score (nSPS) is 11.1. The Morgan fingerprint density at radius 1 is 1.05 bits per heavy atom. The van der Waals surface area contributed by atoms with Crippen molar-refractivity contribution in [3.8, 4) is 5.75 Å². The van der Waals surface area contributed by atoms with Crippen LogP contribution in [0.1, 0.15) is 11.1 Å². The Hall–Kier alpha value is -2.35. The summed E-state index contributed by atoms with van der Waals surface area (Å²) in [4.78, 5) is 11.1. The number of rotatable bonds is 5. The number of hydrogen-bond donors (Lipinski definition) is 0. The molecule has 0 radical (unpaired) electrons. The van der Waals surface area contributed by atoms with Gasteiger partial charge in [0.05, 0.1) is 7.11 Å². The lowest BCUT2D eigenvalue weighted by molar-refractivity contribution is -0.104. The maximum absolute atomic E-state index is 11.1. The minimum absolute atomic E-state index is 0.649. The van der Waals surface area contributed by atoms with Crippen molar-refractivity contribution in [2.45, 2.75) is 6.42 Å². The first-order valence-electron chi connectivity index (χ1n) is 6.15. The lowest BCUT2D eigenvalue weighted by Crippen LogP contribution is -1.92. The fourth-order valence-corrected chi connectivity index (χ4v) is 1.87. The smallest absolute Gasteiger partial charge is 0.146 e. The lowest BCUT2D eigenvalue weighted by atomic mass is 10.0. The minimum Gasteiger partial charge on any atom is -0.497 e. The molecule has 0 saturated carbocycles. The Morgan fingerprint density at radius 3 is 2.32 bits per heavy atom. The van der Waals surface area contributed by atoms with E-state index in [1.165, 1.54) is 0 Å². The fraction of sp³-hybridized carbons (Fsp3) is 0.118. The van der Waals surface area contributed by atoms with E-state index in [1.54, 1.807) is 7.11 Å². The van der Waals surface area contributed by atoms with Crippen LogP contribution >= 0.6 is 0 Å². The molecular weight excluding hydrogens is 236 g/mol. The van der Waals surface area contributed by atoms with Crippen molar-refractivity contribution in [1.29, 1.82) is 0 Å². The molecule has 0 aliphatic heterocycles. The second-order valence-corrected chi connectivity index (χ2v) is 4.27. The van der Waals surface area contributed by atoms with Crippen LogP contribution in [-0.2, 0) is 11.2 Å². The van der Waals surface area contributed by atoms with Crippen LogP contribution in [0.25, 0.3) is 6.08 Å². The molecule has 2 heteroatoms. The van der Waals surface area contributed by atoms with Gasteiger partial charge in [-0.15, -0.1) is 0 Å². The van der Waals surface area contributed by atoms with Gasteiger partial charge in [-0.05, 0) is 34.9 Å². The highest BCUT2D eigenvalue weighted by atomic mass is 16.5. The third-order valence-corrected chi connectivity index (χ3v) is 2.87. The highest BCUT2D eigenvalue weighted by Gasteiger charge is 1.99. The predicted molar refractivity (Wildman–Crippen MR) is 77.2 cm³/mol. The molecule has 2 nitrogen and oxygen atoms in total. The Balaban J connectivity index is 2.16. The van der Waals surface area contributed by atoms with Crippen LogP contribution in [0.5, 0.6) is 5.75 Å². The topological polar surface area (TPSA) is 26.3 Å². The first-order valence-corrected chi connectivity index (χ1v) is 6.15. The van der Waals surface area contributed by atoms with Gasteiger partial charge in [-0.3, -0.25) is 4.79 Å². The number of ether oxygens (including phenoxy) is 1. The molecule has 0 saturated heterocycles. The molecule has 0 fully saturated rings. The van der Waals surface area contributed by atoms with Gasteiger partial charge < -0.3 is 4.74 Å². The summed E-state index contributed by atoms with van der Waals surface area (Å²) in [5.41, 5.74) is 2.89. The van der Waals surface area contributed by atoms with E-state index < -0.39 is 0 Å². The predicted octanol–water partition coefficient (Wildman–Crippen LogP) is 3.52. The van der Waals surface area contributed by atoms with Crippen LogP contribution in [0.3, 0.4) is 0 Å². The quantitative estimate of drug-likeness (QED) is 0.601. The summed E-state index contributed by atoms with van der Waals surface area (Å²) in [6.07, 6.45) is 3.47. The lowest BCUT2D eigenvalue weighted by Gasteiger charge is -2.02. The number of methoxy groups -OCH3 is 1. The summed E-state index contributed by atoms with van der Waals surface area (Å²) in [6, 6.07) is 17.6. The number of allylic oxidation sites excluding steroid dienone is 1. The molecule has 0 aliphatic rings. The number of hydrogen-bond acceptors (Lipinski definition) is 2. The third-order valence-electron chi connectivity index (χ3n) is 2.87. The van der Waals surface area contributed by atoms with Gasteiger partial charge in [0.25, 0.3) is 0 Å². The summed E-state index contributed by atoms with van der Waals surface area (Å²) in [7, 11) is 1.64. The Labute approximate surface area is 113 Å². The molecule has 0 amide bonds. The average Bonchev–Trinajstić information content (AvgIpc) is 2.48. The van der Waals surface area contributed by atoms with Crippen LogP contribution in [-0.4, -0.2) is 13.4 Å². The fourth-order valence-electron chi connectivity index (χ4n) is 1.87. The molecule has 2 aromatic rings. The summed E-state index contributed by atoms with van der Waals surface area (Å²) >= 11 is 0. The van der Waals surface area contributed by atoms with Crippen LogP contribution in [0.2, 0.25) is 0 Å². The molecule has 0 atom stereocenters. The number of carbonyl (C=O) groups excluding carboxylic acids is 1. The molecular formula is C17H16O2. The van der Waals surface area contributed by atoms with Gasteiger partial charge in [0, 0.05) is 6.42 Å². The maximum atomic E-state index is 11.1. The van der Waals surface area contributed by atoms with Crippen molar-refractivity contribution in [3.05, 3.63) is 71.3 Å². The van der Waals surface area contributed by atoms with Gasteiger partial charge in [-0.25, -0.2) is 0 Å². The molecule has 0 aromatic heterocycles. The molecule has 0 heterocycles. The van der Waals surface area contributed by atoms with Crippen molar-refractivity contribution < 1.29 is 9.53 Å². The van der Waals surface area contributed by atoms with E-state index >= 15 is 0 Å². The second kappa shape index (κ2) is 6.55. The highest BCUT2D eigenvalue weighted by Crippen LogP contribution is 2.15. The van der Waals surface area contributed by atoms with Gasteiger partial charge in [0.1, 0.15) is 12.0 Å². The molecule has 0 N–H and O–H groups in total. The SMILES string of the molecule is COc1ccc(/C=C(/C=O)Cc2ccccc2)cc1. The van der Waals surface area contributed by atoms with Gasteiger partial charge in [-0.2, -0.15) is 0 Å². The zero-order chi connectivity index (χ0) is 13.5. The van der Waals surface area contributed by atoms with Gasteiger partial charge in [0.2, 0.25) is 0 Å². The van der Waals surface area contributed by atoms with E-state index in [1.807, 2.05) is 60.7 Å². The Kier molecular flexibility index (Phi) is 4.51. The summed E-state index contributed by atoms with van der Waals surface area (Å²) < 4.78 is 5.11. The molecule has 0 spiro atoms. The van der Waals surface area contributed by atoms with E-state index in [-0.39, 0.29) is 0 Å². The second-order valence-electron chi connectivity index (χ2n) is 4.27. The average molecular weight is 252 g/mol. The van der Waals surface area contributed by atoms with Crippen LogP contribution in [0.4, 0.5) is 0 Å². The van der Waals surface area contributed by atoms with Gasteiger partial charge >= 0.3 is 0 Å². The Morgan fingerprint density at radius 2 is 1.74 bits per heavy atom. The van der Waals surface area contributed by atoms with Gasteiger partial charge in [-0.1, -0.05) is 42.5 Å². The van der Waals surface area contributed by atoms with Gasteiger partial charge in [0.15, 0.2) is 0 Å². The van der Waals surface area contributed by atoms with E-state index in [4.69, 9.17) is 4.74 Å². The molecule has 0 unspecified atom stereocenters. The van der Waals surface area contributed by atoms with E-state index in [0.717, 1.165) is 28.7 Å². The number of benzene rings is 2.